The van der Waals surface area contributed by atoms with Crippen LogP contribution in [-0.4, -0.2) is 5.90 Å². The zero-order valence-corrected chi connectivity index (χ0v) is 15.1. The molecule has 0 unspecified atom stereocenters. The smallest absolute Gasteiger partial charge is 0.220 e. The minimum atomic E-state index is 0.554. The number of aliphatic imine (C=N–C) groups is 1. The molecule has 0 spiro atoms. The lowest BCUT2D eigenvalue weighted by molar-refractivity contribution is 0.556. The van der Waals surface area contributed by atoms with Gasteiger partial charge in [-0.2, -0.15) is 0 Å². The molecule has 3 aromatic rings. The van der Waals surface area contributed by atoms with Crippen molar-refractivity contribution >= 4 is 33.2 Å². The first-order valence-corrected chi connectivity index (χ1v) is 10.0. The number of rotatable bonds is 6. The molecule has 3 rings (SSSR count). The zero-order valence-electron chi connectivity index (χ0n) is 13.5. The van der Waals surface area contributed by atoms with E-state index >= 15 is 0 Å². The van der Waals surface area contributed by atoms with Crippen LogP contribution in [0.2, 0.25) is 0 Å². The monoisotopic (exact) mass is 363 g/mol. The van der Waals surface area contributed by atoms with Crippen LogP contribution in [0.15, 0.2) is 112 Å². The van der Waals surface area contributed by atoms with E-state index in [0.717, 1.165) is 11.4 Å². The molecular formula is C21H17NOS2. The Morgan fingerprint density at radius 1 is 0.760 bits per heavy atom. The van der Waals surface area contributed by atoms with Gasteiger partial charge in [-0.3, -0.25) is 0 Å². The van der Waals surface area contributed by atoms with Gasteiger partial charge in [0.2, 0.25) is 5.90 Å². The van der Waals surface area contributed by atoms with Crippen molar-refractivity contribution in [2.45, 2.75) is 4.90 Å². The van der Waals surface area contributed by atoms with Crippen molar-refractivity contribution in [1.82, 2.24) is 0 Å². The summed E-state index contributed by atoms with van der Waals surface area (Å²) in [5, 5.41) is 1.99. The predicted octanol–water partition coefficient (Wildman–Crippen LogP) is 6.75. The van der Waals surface area contributed by atoms with Gasteiger partial charge in [-0.05, 0) is 41.8 Å². The second-order valence-corrected chi connectivity index (χ2v) is 7.18. The molecule has 0 bridgehead atoms. The highest BCUT2D eigenvalue weighted by molar-refractivity contribution is 8.77. The molecule has 0 heterocycles. The highest BCUT2D eigenvalue weighted by Gasteiger charge is 2.00. The number of nitrogens with zero attached hydrogens (tertiary/aromatic N) is 1. The van der Waals surface area contributed by atoms with Crippen molar-refractivity contribution in [1.29, 1.82) is 0 Å². The third kappa shape index (κ3) is 6.18. The van der Waals surface area contributed by atoms with E-state index in [1.54, 1.807) is 21.6 Å². The first-order chi connectivity index (χ1) is 12.4. The average molecular weight is 364 g/mol. The lowest BCUT2D eigenvalue weighted by Gasteiger charge is -2.05. The van der Waals surface area contributed by atoms with Gasteiger partial charge >= 0.3 is 0 Å². The van der Waals surface area contributed by atoms with Crippen LogP contribution in [0.3, 0.4) is 0 Å². The SMILES string of the molecule is C(=C\C(=N\c1ccccc1)Oc1ccccc1)/SSc1ccccc1. The Morgan fingerprint density at radius 2 is 1.36 bits per heavy atom. The Kier molecular flexibility index (Phi) is 6.80. The van der Waals surface area contributed by atoms with Gasteiger partial charge in [0.1, 0.15) is 5.75 Å². The van der Waals surface area contributed by atoms with Crippen molar-refractivity contribution in [3.05, 3.63) is 102 Å². The molecule has 124 valence electrons. The number of benzene rings is 3. The van der Waals surface area contributed by atoms with Crippen molar-refractivity contribution < 1.29 is 4.74 Å². The second-order valence-electron chi connectivity index (χ2n) is 5.00. The third-order valence-corrected chi connectivity index (χ3v) is 5.12. The lowest BCUT2D eigenvalue weighted by atomic mass is 10.3. The van der Waals surface area contributed by atoms with E-state index < -0.39 is 0 Å². The Hall–Kier alpha value is -2.43. The highest BCUT2D eigenvalue weighted by atomic mass is 33.1. The number of hydrogen-bond acceptors (Lipinski definition) is 4. The standard InChI is InChI=1S/C21H17NOS2/c1-4-10-18(11-5-1)22-21(23-19-12-6-2-7-13-19)16-17-24-25-20-14-8-3-9-15-20/h1-17H/b17-16+,22-21-. The summed E-state index contributed by atoms with van der Waals surface area (Å²) < 4.78 is 5.91. The van der Waals surface area contributed by atoms with Gasteiger partial charge in [0.05, 0.1) is 5.69 Å². The summed E-state index contributed by atoms with van der Waals surface area (Å²) in [5.74, 6) is 1.32. The van der Waals surface area contributed by atoms with E-state index in [-0.39, 0.29) is 0 Å². The first-order valence-electron chi connectivity index (χ1n) is 7.82. The van der Waals surface area contributed by atoms with Crippen LogP contribution in [0, 0.1) is 0 Å². The van der Waals surface area contributed by atoms with E-state index in [2.05, 4.69) is 17.1 Å². The molecule has 0 aliphatic carbocycles. The molecule has 0 saturated carbocycles. The molecule has 25 heavy (non-hydrogen) atoms. The number of ether oxygens (including phenoxy) is 1. The van der Waals surface area contributed by atoms with Crippen LogP contribution in [-0.2, 0) is 0 Å². The summed E-state index contributed by atoms with van der Waals surface area (Å²) in [6.45, 7) is 0. The molecular weight excluding hydrogens is 346 g/mol. The molecule has 0 aromatic heterocycles. The summed E-state index contributed by atoms with van der Waals surface area (Å²) in [7, 11) is 3.33. The summed E-state index contributed by atoms with van der Waals surface area (Å²) in [4.78, 5) is 5.79. The highest BCUT2D eigenvalue weighted by Crippen LogP contribution is 2.31. The minimum absolute atomic E-state index is 0.554. The fraction of sp³-hybridized carbons (Fsp3) is 0. The summed E-state index contributed by atoms with van der Waals surface area (Å²) >= 11 is 0. The van der Waals surface area contributed by atoms with E-state index in [0.29, 0.717) is 5.90 Å². The maximum atomic E-state index is 5.91. The third-order valence-electron chi connectivity index (χ3n) is 3.11. The maximum Gasteiger partial charge on any atom is 0.220 e. The summed E-state index contributed by atoms with van der Waals surface area (Å²) in [6, 6.07) is 29.7. The average Bonchev–Trinajstić information content (AvgIpc) is 2.67. The zero-order chi connectivity index (χ0) is 17.2. The molecule has 0 radical (unpaired) electrons. The van der Waals surface area contributed by atoms with E-state index in [1.165, 1.54) is 4.90 Å². The Balaban J connectivity index is 1.69. The van der Waals surface area contributed by atoms with Gasteiger partial charge in [0.15, 0.2) is 0 Å². The van der Waals surface area contributed by atoms with Gasteiger partial charge in [-0.25, -0.2) is 4.99 Å². The van der Waals surface area contributed by atoms with Crippen molar-refractivity contribution in [2.75, 3.05) is 0 Å². The lowest BCUT2D eigenvalue weighted by Crippen LogP contribution is -2.04. The predicted molar refractivity (Wildman–Crippen MR) is 110 cm³/mol. The molecule has 0 amide bonds. The van der Waals surface area contributed by atoms with Crippen LogP contribution >= 0.6 is 21.6 Å². The van der Waals surface area contributed by atoms with Crippen molar-refractivity contribution in [2.24, 2.45) is 4.99 Å². The molecule has 0 atom stereocenters. The normalized spacial score (nSPS) is 11.6. The van der Waals surface area contributed by atoms with Gasteiger partial charge in [-0.15, -0.1) is 0 Å². The minimum Gasteiger partial charge on any atom is -0.439 e. The van der Waals surface area contributed by atoms with Crippen LogP contribution < -0.4 is 4.74 Å². The fourth-order valence-electron chi connectivity index (χ4n) is 1.98. The fourth-order valence-corrected chi connectivity index (χ4v) is 3.59. The van der Waals surface area contributed by atoms with Crippen LogP contribution in [0.25, 0.3) is 0 Å². The van der Waals surface area contributed by atoms with Crippen molar-refractivity contribution in [3.8, 4) is 5.75 Å². The molecule has 3 aromatic carbocycles. The first kappa shape index (κ1) is 17.4. The quantitative estimate of drug-likeness (QED) is 0.275. The summed E-state index contributed by atoms with van der Waals surface area (Å²) in [5.41, 5.74) is 0.860. The van der Waals surface area contributed by atoms with Gasteiger partial charge < -0.3 is 4.74 Å². The van der Waals surface area contributed by atoms with E-state index in [4.69, 9.17) is 4.74 Å². The van der Waals surface area contributed by atoms with Crippen LogP contribution in [0.5, 0.6) is 5.75 Å². The topological polar surface area (TPSA) is 21.6 Å². The number of hydrogen-bond donors (Lipinski definition) is 0. The Morgan fingerprint density at radius 3 is 2.04 bits per heavy atom. The molecule has 0 N–H and O–H groups in total. The molecule has 0 saturated heterocycles. The number of para-hydroxylation sites is 2. The van der Waals surface area contributed by atoms with Gasteiger partial charge in [0, 0.05) is 11.0 Å². The molecule has 0 fully saturated rings. The van der Waals surface area contributed by atoms with Crippen molar-refractivity contribution in [3.63, 3.8) is 0 Å². The molecule has 0 aliphatic heterocycles. The second kappa shape index (κ2) is 9.77. The summed E-state index contributed by atoms with van der Waals surface area (Å²) in [6.07, 6.45) is 1.89. The van der Waals surface area contributed by atoms with Gasteiger partial charge in [-0.1, -0.05) is 76.2 Å². The molecule has 0 aliphatic rings. The van der Waals surface area contributed by atoms with Crippen LogP contribution in [0.1, 0.15) is 0 Å². The largest absolute Gasteiger partial charge is 0.439 e. The maximum absolute atomic E-state index is 5.91. The van der Waals surface area contributed by atoms with E-state index in [1.807, 2.05) is 90.3 Å². The van der Waals surface area contributed by atoms with Gasteiger partial charge in [0.25, 0.3) is 0 Å². The Labute approximate surface area is 156 Å². The van der Waals surface area contributed by atoms with E-state index in [9.17, 15) is 0 Å². The van der Waals surface area contributed by atoms with Crippen LogP contribution in [0.4, 0.5) is 5.69 Å². The molecule has 4 heteroatoms. The molecule has 2 nitrogen and oxygen atoms in total. The Bertz CT molecular complexity index is 818.